The van der Waals surface area contributed by atoms with Gasteiger partial charge in [-0.2, -0.15) is 0 Å². The van der Waals surface area contributed by atoms with Crippen LogP contribution in [0.15, 0.2) is 48.5 Å². The summed E-state index contributed by atoms with van der Waals surface area (Å²) in [6.45, 7) is 4.53. The van der Waals surface area contributed by atoms with Gasteiger partial charge in [0.05, 0.1) is 11.9 Å². The van der Waals surface area contributed by atoms with Crippen molar-refractivity contribution in [2.24, 2.45) is 0 Å². The third-order valence-electron chi connectivity index (χ3n) is 5.54. The van der Waals surface area contributed by atoms with Gasteiger partial charge >= 0.3 is 0 Å². The van der Waals surface area contributed by atoms with E-state index in [4.69, 9.17) is 23.2 Å². The second kappa shape index (κ2) is 13.7. The zero-order valence-corrected chi connectivity index (χ0v) is 22.7. The Kier molecular flexibility index (Phi) is 11.3. The predicted molar refractivity (Wildman–Crippen MR) is 142 cm³/mol. The minimum atomic E-state index is -3.58. The van der Waals surface area contributed by atoms with E-state index < -0.39 is 16.1 Å². The Labute approximate surface area is 218 Å². The molecule has 2 rings (SSSR count). The highest BCUT2D eigenvalue weighted by Crippen LogP contribution is 2.23. The molecule has 0 aliphatic rings. The molecule has 7 nitrogen and oxygen atoms in total. The fraction of sp³-hybridized carbons (Fsp3) is 0.440. The van der Waals surface area contributed by atoms with Crippen LogP contribution in [0.3, 0.4) is 0 Å². The molecule has 10 heteroatoms. The molecular formula is C25H33Cl2N3O4S. The Morgan fingerprint density at radius 2 is 1.77 bits per heavy atom. The lowest BCUT2D eigenvalue weighted by Crippen LogP contribution is -2.48. The highest BCUT2D eigenvalue weighted by atomic mass is 35.5. The minimum Gasteiger partial charge on any atom is -0.354 e. The largest absolute Gasteiger partial charge is 0.354 e. The molecule has 0 aliphatic carbocycles. The number of anilines is 1. The molecule has 2 aromatic rings. The molecule has 0 radical (unpaired) electrons. The molecule has 0 fully saturated rings. The Morgan fingerprint density at radius 1 is 1.06 bits per heavy atom. The van der Waals surface area contributed by atoms with Crippen LogP contribution in [-0.4, -0.2) is 50.5 Å². The summed E-state index contributed by atoms with van der Waals surface area (Å²) in [4.78, 5) is 27.5. The van der Waals surface area contributed by atoms with Crippen LogP contribution in [0.25, 0.3) is 0 Å². The van der Waals surface area contributed by atoms with Crippen molar-refractivity contribution in [3.05, 3.63) is 64.1 Å². The monoisotopic (exact) mass is 541 g/mol. The number of hydrogen-bond donors (Lipinski definition) is 1. The highest BCUT2D eigenvalue weighted by molar-refractivity contribution is 7.92. The Hall–Kier alpha value is -2.29. The number of hydrogen-bond acceptors (Lipinski definition) is 4. The van der Waals surface area contributed by atoms with E-state index in [0.717, 1.165) is 24.7 Å². The molecule has 1 N–H and O–H groups in total. The van der Waals surface area contributed by atoms with Gasteiger partial charge < -0.3 is 10.2 Å². The van der Waals surface area contributed by atoms with Gasteiger partial charge in [0.2, 0.25) is 21.8 Å². The molecule has 0 unspecified atom stereocenters. The van der Waals surface area contributed by atoms with Crippen molar-refractivity contribution in [2.75, 3.05) is 23.7 Å². The number of amides is 2. The number of carbonyl (C=O) groups excluding carboxylic acids is 2. The maximum Gasteiger partial charge on any atom is 0.242 e. The van der Waals surface area contributed by atoms with Gasteiger partial charge in [-0.1, -0.05) is 60.8 Å². The van der Waals surface area contributed by atoms with Crippen LogP contribution in [0, 0.1) is 0 Å². The molecule has 0 spiro atoms. The first kappa shape index (κ1) is 28.9. The summed E-state index contributed by atoms with van der Waals surface area (Å²) in [5, 5.41) is 3.80. The first-order valence-corrected chi connectivity index (χ1v) is 14.2. The lowest BCUT2D eigenvalue weighted by molar-refractivity contribution is -0.140. The molecular weight excluding hydrogens is 509 g/mol. The molecule has 0 saturated heterocycles. The van der Waals surface area contributed by atoms with Crippen LogP contribution in [0.1, 0.15) is 45.1 Å². The fourth-order valence-electron chi connectivity index (χ4n) is 3.56. The number of carbonyl (C=O) groups is 2. The summed E-state index contributed by atoms with van der Waals surface area (Å²) >= 11 is 12.3. The Bertz CT molecular complexity index is 1110. The summed E-state index contributed by atoms with van der Waals surface area (Å²) in [6, 6.07) is 13.0. The van der Waals surface area contributed by atoms with Crippen LogP contribution in [0.2, 0.25) is 10.0 Å². The lowest BCUT2D eigenvalue weighted by atomic mass is 10.1. The molecule has 1 atom stereocenters. The number of nitrogens with one attached hydrogen (secondary N) is 1. The minimum absolute atomic E-state index is 0.0591. The molecule has 35 heavy (non-hydrogen) atoms. The summed E-state index contributed by atoms with van der Waals surface area (Å²) in [5.41, 5.74) is 1.16. The van der Waals surface area contributed by atoms with Crippen molar-refractivity contribution in [1.29, 1.82) is 0 Å². The van der Waals surface area contributed by atoms with Crippen LogP contribution in [0.5, 0.6) is 0 Å². The molecule has 192 valence electrons. The molecule has 0 aromatic heterocycles. The predicted octanol–water partition coefficient (Wildman–Crippen LogP) is 4.87. The normalized spacial score (nSPS) is 12.1. The number of rotatable bonds is 13. The quantitative estimate of drug-likeness (QED) is 0.366. The topological polar surface area (TPSA) is 86.8 Å². The number of unbranched alkanes of at least 4 members (excludes halogenated alkanes) is 1. The Morgan fingerprint density at radius 3 is 2.40 bits per heavy atom. The van der Waals surface area contributed by atoms with Crippen molar-refractivity contribution < 1.29 is 18.0 Å². The first-order chi connectivity index (χ1) is 16.5. The molecule has 2 amide bonds. The average Bonchev–Trinajstić information content (AvgIpc) is 2.80. The van der Waals surface area contributed by atoms with Gasteiger partial charge in [-0.05, 0) is 49.6 Å². The molecule has 0 heterocycles. The lowest BCUT2D eigenvalue weighted by Gasteiger charge is -2.29. The smallest absolute Gasteiger partial charge is 0.242 e. The maximum absolute atomic E-state index is 13.3. The molecule has 0 saturated carbocycles. The maximum atomic E-state index is 13.3. The summed E-state index contributed by atoms with van der Waals surface area (Å²) in [6.07, 6.45) is 3.23. The average molecular weight is 543 g/mol. The Balaban J connectivity index is 2.15. The van der Waals surface area contributed by atoms with Crippen molar-refractivity contribution in [1.82, 2.24) is 10.2 Å². The second-order valence-corrected chi connectivity index (χ2v) is 11.1. The van der Waals surface area contributed by atoms with Crippen LogP contribution < -0.4 is 9.62 Å². The van der Waals surface area contributed by atoms with E-state index in [2.05, 4.69) is 5.32 Å². The van der Waals surface area contributed by atoms with Gasteiger partial charge in [0.1, 0.15) is 6.04 Å². The van der Waals surface area contributed by atoms with Gasteiger partial charge in [-0.25, -0.2) is 8.42 Å². The van der Waals surface area contributed by atoms with Crippen LogP contribution in [-0.2, 0) is 26.2 Å². The van der Waals surface area contributed by atoms with Gasteiger partial charge in [-0.15, -0.1) is 0 Å². The van der Waals surface area contributed by atoms with E-state index >= 15 is 0 Å². The van der Waals surface area contributed by atoms with E-state index in [-0.39, 0.29) is 37.7 Å². The number of sulfonamides is 1. The van der Waals surface area contributed by atoms with Crippen molar-refractivity contribution in [3.8, 4) is 0 Å². The number of nitrogens with zero attached hydrogens (tertiary/aromatic N) is 2. The third-order valence-corrected chi connectivity index (χ3v) is 7.34. The molecule has 2 aromatic carbocycles. The third kappa shape index (κ3) is 9.02. The van der Waals surface area contributed by atoms with Crippen LogP contribution >= 0.6 is 23.2 Å². The van der Waals surface area contributed by atoms with Gasteiger partial charge in [-0.3, -0.25) is 13.9 Å². The summed E-state index contributed by atoms with van der Waals surface area (Å²) in [5.74, 6) is -0.502. The van der Waals surface area contributed by atoms with E-state index in [9.17, 15) is 18.0 Å². The number of halogens is 2. The van der Waals surface area contributed by atoms with E-state index in [1.165, 1.54) is 9.21 Å². The van der Waals surface area contributed by atoms with Crippen LogP contribution in [0.4, 0.5) is 5.69 Å². The second-order valence-electron chi connectivity index (χ2n) is 8.35. The first-order valence-electron chi connectivity index (χ1n) is 11.6. The van der Waals surface area contributed by atoms with Crippen molar-refractivity contribution >= 4 is 50.7 Å². The zero-order chi connectivity index (χ0) is 26.0. The summed E-state index contributed by atoms with van der Waals surface area (Å²) in [7, 11) is -3.58. The van der Waals surface area contributed by atoms with Crippen molar-refractivity contribution in [3.63, 3.8) is 0 Å². The van der Waals surface area contributed by atoms with Gasteiger partial charge in [0.15, 0.2) is 0 Å². The van der Waals surface area contributed by atoms with E-state index in [1.807, 2.05) is 19.1 Å². The fourth-order valence-corrected chi connectivity index (χ4v) is 4.90. The van der Waals surface area contributed by atoms with Gasteiger partial charge in [0.25, 0.3) is 0 Å². The van der Waals surface area contributed by atoms with E-state index in [1.54, 1.807) is 43.3 Å². The van der Waals surface area contributed by atoms with Crippen molar-refractivity contribution in [2.45, 2.75) is 52.1 Å². The standard InChI is InChI=1S/C25H33Cl2N3O4S/c1-4-5-15-28-25(32)19(2)29(18-20-10-6-7-13-23(20)27)24(31)14-9-16-30(35(3,33)34)22-12-8-11-21(26)17-22/h6-8,10-13,17,19H,4-5,9,14-16,18H2,1-3H3,(H,28,32)/t19-/m1/s1. The molecule has 0 bridgehead atoms. The number of benzene rings is 2. The zero-order valence-electron chi connectivity index (χ0n) is 20.3. The molecule has 0 aliphatic heterocycles. The highest BCUT2D eigenvalue weighted by Gasteiger charge is 2.27. The summed E-state index contributed by atoms with van der Waals surface area (Å²) < 4.78 is 26.0. The van der Waals surface area contributed by atoms with Gasteiger partial charge in [0, 0.05) is 36.1 Å². The van der Waals surface area contributed by atoms with E-state index in [0.29, 0.717) is 22.3 Å². The SMILES string of the molecule is CCCCNC(=O)[C@@H](C)N(Cc1ccccc1Cl)C(=O)CCCN(c1cccc(Cl)c1)S(C)(=O)=O.